The molecular weight excluding hydrogens is 274 g/mol. The Morgan fingerprint density at radius 1 is 1.14 bits per heavy atom. The summed E-state index contributed by atoms with van der Waals surface area (Å²) in [5.41, 5.74) is 2.57. The number of hydrogen-bond acceptors (Lipinski definition) is 3. The number of piperidine rings is 1. The molecule has 3 heterocycles. The van der Waals surface area contributed by atoms with Crippen molar-refractivity contribution >= 4 is 0 Å². The molecule has 1 aliphatic rings. The number of rotatable bonds is 7. The van der Waals surface area contributed by atoms with Crippen molar-refractivity contribution in [2.75, 3.05) is 6.54 Å². The third kappa shape index (κ3) is 4.19. The van der Waals surface area contributed by atoms with E-state index in [2.05, 4.69) is 44.5 Å². The van der Waals surface area contributed by atoms with E-state index >= 15 is 0 Å². The largest absolute Gasteiger partial charge is 0.362 e. The highest BCUT2D eigenvalue weighted by molar-refractivity contribution is 5.13. The van der Waals surface area contributed by atoms with Crippen LogP contribution in [0.4, 0.5) is 0 Å². The zero-order chi connectivity index (χ0) is 15.2. The molecule has 3 N–H and O–H groups in total. The highest BCUT2D eigenvalue weighted by Gasteiger charge is 2.13. The topological polar surface area (TPSA) is 69.4 Å². The molecule has 0 bridgehead atoms. The van der Waals surface area contributed by atoms with Crippen LogP contribution in [0.5, 0.6) is 0 Å². The second-order valence-corrected chi connectivity index (χ2v) is 6.25. The Labute approximate surface area is 132 Å². The minimum Gasteiger partial charge on any atom is -0.362 e. The Bertz CT molecular complexity index is 565. The van der Waals surface area contributed by atoms with Crippen molar-refractivity contribution in [3.63, 3.8) is 0 Å². The van der Waals surface area contributed by atoms with E-state index in [1.165, 1.54) is 37.2 Å². The zero-order valence-corrected chi connectivity index (χ0v) is 13.5. The molecule has 5 heteroatoms. The molecule has 2 aromatic heterocycles. The molecule has 0 saturated carbocycles. The van der Waals surface area contributed by atoms with E-state index in [4.69, 9.17) is 0 Å². The van der Waals surface area contributed by atoms with Crippen LogP contribution >= 0.6 is 0 Å². The Balaban J connectivity index is 1.44. The van der Waals surface area contributed by atoms with Crippen LogP contribution in [-0.4, -0.2) is 32.8 Å². The lowest BCUT2D eigenvalue weighted by Gasteiger charge is -2.22. The molecule has 0 aliphatic carbocycles. The summed E-state index contributed by atoms with van der Waals surface area (Å²) in [5, 5.41) is 11.0. The third-order valence-electron chi connectivity index (χ3n) is 4.53. The lowest BCUT2D eigenvalue weighted by Crippen LogP contribution is -2.34. The van der Waals surface area contributed by atoms with Gasteiger partial charge in [0.2, 0.25) is 0 Å². The summed E-state index contributed by atoms with van der Waals surface area (Å²) in [6.45, 7) is 3.33. The van der Waals surface area contributed by atoms with Crippen LogP contribution in [0.1, 0.15) is 55.6 Å². The van der Waals surface area contributed by atoms with Gasteiger partial charge in [0, 0.05) is 30.3 Å². The van der Waals surface area contributed by atoms with Crippen LogP contribution in [0.15, 0.2) is 12.1 Å². The van der Waals surface area contributed by atoms with Gasteiger partial charge in [-0.25, -0.2) is 4.98 Å². The van der Waals surface area contributed by atoms with Crippen molar-refractivity contribution in [2.45, 2.75) is 64.3 Å². The second kappa shape index (κ2) is 7.58. The average molecular weight is 301 g/mol. The number of hydrogen-bond donors (Lipinski definition) is 3. The van der Waals surface area contributed by atoms with Gasteiger partial charge in [0.05, 0.1) is 0 Å². The van der Waals surface area contributed by atoms with E-state index < -0.39 is 0 Å². The summed E-state index contributed by atoms with van der Waals surface area (Å²) in [7, 11) is 0. The van der Waals surface area contributed by atoms with Gasteiger partial charge in [-0.15, -0.1) is 0 Å². The summed E-state index contributed by atoms with van der Waals surface area (Å²) in [5.74, 6) is 1.96. The van der Waals surface area contributed by atoms with Gasteiger partial charge in [0.1, 0.15) is 5.82 Å². The van der Waals surface area contributed by atoms with Crippen molar-refractivity contribution in [3.05, 3.63) is 35.2 Å². The molecule has 0 amide bonds. The predicted octanol–water partition coefficient (Wildman–Crippen LogP) is 2.56. The van der Waals surface area contributed by atoms with Crippen molar-refractivity contribution in [2.24, 2.45) is 0 Å². The lowest BCUT2D eigenvalue weighted by molar-refractivity contribution is 0.381. The monoisotopic (exact) mass is 301 g/mol. The summed E-state index contributed by atoms with van der Waals surface area (Å²) < 4.78 is 0. The molecule has 22 heavy (non-hydrogen) atoms. The molecule has 1 fully saturated rings. The Morgan fingerprint density at radius 3 is 2.82 bits per heavy atom. The lowest BCUT2D eigenvalue weighted by atomic mass is 10.0. The van der Waals surface area contributed by atoms with Crippen LogP contribution in [-0.2, 0) is 25.7 Å². The number of nitrogens with zero attached hydrogens (tertiary/aromatic N) is 2. The first-order chi connectivity index (χ1) is 10.8. The van der Waals surface area contributed by atoms with E-state index in [0.717, 1.165) is 43.8 Å². The summed E-state index contributed by atoms with van der Waals surface area (Å²) in [6, 6.07) is 4.99. The highest BCUT2D eigenvalue weighted by Crippen LogP contribution is 2.12. The number of aromatic nitrogens is 4. The van der Waals surface area contributed by atoms with Gasteiger partial charge < -0.3 is 10.3 Å². The molecule has 0 aromatic carbocycles. The first kappa shape index (κ1) is 15.3. The van der Waals surface area contributed by atoms with Gasteiger partial charge in [-0.1, -0.05) is 13.3 Å². The van der Waals surface area contributed by atoms with Crippen LogP contribution in [0, 0.1) is 0 Å². The second-order valence-electron chi connectivity index (χ2n) is 6.25. The maximum atomic E-state index is 4.63. The molecule has 0 radical (unpaired) electrons. The quantitative estimate of drug-likeness (QED) is 0.736. The maximum absolute atomic E-state index is 4.63. The summed E-state index contributed by atoms with van der Waals surface area (Å²) >= 11 is 0. The van der Waals surface area contributed by atoms with Gasteiger partial charge in [-0.3, -0.25) is 5.10 Å². The van der Waals surface area contributed by atoms with Crippen LogP contribution < -0.4 is 5.32 Å². The molecule has 1 atom stereocenters. The van der Waals surface area contributed by atoms with Gasteiger partial charge in [0.15, 0.2) is 5.82 Å². The third-order valence-corrected chi connectivity index (χ3v) is 4.53. The number of nitrogens with one attached hydrogen (secondary N) is 3. The van der Waals surface area contributed by atoms with Gasteiger partial charge in [-0.2, -0.15) is 5.10 Å². The molecule has 1 saturated heterocycles. The fourth-order valence-corrected chi connectivity index (χ4v) is 3.13. The van der Waals surface area contributed by atoms with E-state index in [0.29, 0.717) is 6.04 Å². The maximum Gasteiger partial charge on any atom is 0.151 e. The van der Waals surface area contributed by atoms with Crippen LogP contribution in [0.3, 0.4) is 0 Å². The number of aromatic amines is 2. The van der Waals surface area contributed by atoms with Crippen LogP contribution in [0.25, 0.3) is 0 Å². The molecule has 0 spiro atoms. The smallest absolute Gasteiger partial charge is 0.151 e. The first-order valence-corrected chi connectivity index (χ1v) is 8.64. The van der Waals surface area contributed by atoms with Crippen molar-refractivity contribution in [1.82, 2.24) is 25.5 Å². The van der Waals surface area contributed by atoms with E-state index in [-0.39, 0.29) is 0 Å². The van der Waals surface area contributed by atoms with Gasteiger partial charge in [0.25, 0.3) is 0 Å². The minimum absolute atomic E-state index is 0.661. The van der Waals surface area contributed by atoms with Crippen LogP contribution in [0.2, 0.25) is 0 Å². The van der Waals surface area contributed by atoms with Crippen molar-refractivity contribution in [1.29, 1.82) is 0 Å². The molecular formula is C17H27N5. The normalized spacial score (nSPS) is 18.7. The van der Waals surface area contributed by atoms with Crippen molar-refractivity contribution in [3.8, 4) is 0 Å². The minimum atomic E-state index is 0.661. The Hall–Kier alpha value is -1.62. The Morgan fingerprint density at radius 2 is 2.05 bits per heavy atom. The molecule has 120 valence electrons. The molecule has 3 rings (SSSR count). The fourth-order valence-electron chi connectivity index (χ4n) is 3.13. The van der Waals surface area contributed by atoms with Gasteiger partial charge >= 0.3 is 0 Å². The molecule has 2 aromatic rings. The van der Waals surface area contributed by atoms with E-state index in [1.807, 2.05) is 0 Å². The molecule has 5 nitrogen and oxygen atoms in total. The van der Waals surface area contributed by atoms with E-state index in [9.17, 15) is 0 Å². The fraction of sp³-hybridized carbons (Fsp3) is 0.647. The van der Waals surface area contributed by atoms with E-state index in [1.54, 1.807) is 0 Å². The summed E-state index contributed by atoms with van der Waals surface area (Å²) in [6.07, 6.45) is 9.05. The van der Waals surface area contributed by atoms with Crippen molar-refractivity contribution < 1.29 is 0 Å². The summed E-state index contributed by atoms with van der Waals surface area (Å²) in [4.78, 5) is 8.06. The predicted molar refractivity (Wildman–Crippen MR) is 87.9 cm³/mol. The molecule has 1 unspecified atom stereocenters. The zero-order valence-electron chi connectivity index (χ0n) is 13.5. The SMILES string of the molecule is CCc1ccc(CCc2n[nH]c(CCC3CCCCN3)n2)[nH]1. The highest BCUT2D eigenvalue weighted by atomic mass is 15.2. The number of aryl methyl sites for hydroxylation is 4. The standard InChI is InChI=1S/C17H27N5/c1-2-13-6-7-15(19-13)9-11-17-20-16(21-22-17)10-8-14-5-3-4-12-18-14/h6-7,14,18-19H,2-5,8-12H2,1H3,(H,20,21,22). The van der Waals surface area contributed by atoms with Gasteiger partial charge in [-0.05, 0) is 50.8 Å². The number of H-pyrrole nitrogens is 2. The Kier molecular flexibility index (Phi) is 5.27. The molecule has 1 aliphatic heterocycles. The average Bonchev–Trinajstić information content (AvgIpc) is 3.21. The first-order valence-electron chi connectivity index (χ1n) is 8.64.